The highest BCUT2D eigenvalue weighted by Gasteiger charge is 2.08. The number of aryl methyl sites for hydroxylation is 1. The summed E-state index contributed by atoms with van der Waals surface area (Å²) in [5.74, 6) is 2.25. The van der Waals surface area contributed by atoms with Gasteiger partial charge in [0.25, 0.3) is 0 Å². The number of aromatic nitrogens is 1. The number of hydrogen-bond donors (Lipinski definition) is 0. The standard InChI is InChI=1S/C19H19NO3/c1-13-5-4-6-18(14(13)2)22-11-16-12-23-19(20-16)15-7-9-17(21-3)10-8-15/h4-10,12H,11H2,1-3H3. The third kappa shape index (κ3) is 3.37. The van der Waals surface area contributed by atoms with Crippen LogP contribution in [-0.4, -0.2) is 12.1 Å². The first-order valence-electron chi connectivity index (χ1n) is 7.45. The van der Waals surface area contributed by atoms with E-state index in [2.05, 4.69) is 24.9 Å². The van der Waals surface area contributed by atoms with Gasteiger partial charge in [-0.25, -0.2) is 4.98 Å². The molecule has 118 valence electrons. The molecule has 4 heteroatoms. The van der Waals surface area contributed by atoms with Crippen LogP contribution in [0.25, 0.3) is 11.5 Å². The lowest BCUT2D eigenvalue weighted by molar-refractivity contribution is 0.298. The first kappa shape index (κ1) is 15.2. The highest BCUT2D eigenvalue weighted by atomic mass is 16.5. The Labute approximate surface area is 135 Å². The van der Waals surface area contributed by atoms with Crippen LogP contribution in [0.4, 0.5) is 0 Å². The molecule has 0 saturated heterocycles. The summed E-state index contributed by atoms with van der Waals surface area (Å²) in [7, 11) is 1.64. The fraction of sp³-hybridized carbons (Fsp3) is 0.211. The molecule has 0 unspecified atom stereocenters. The Hall–Kier alpha value is -2.75. The summed E-state index contributed by atoms with van der Waals surface area (Å²) in [5, 5.41) is 0. The number of benzene rings is 2. The molecule has 1 heterocycles. The van der Waals surface area contributed by atoms with Crippen molar-refractivity contribution in [3.63, 3.8) is 0 Å². The lowest BCUT2D eigenvalue weighted by Gasteiger charge is -2.09. The van der Waals surface area contributed by atoms with Gasteiger partial charge in [0, 0.05) is 5.56 Å². The number of rotatable bonds is 5. The van der Waals surface area contributed by atoms with E-state index in [1.54, 1.807) is 13.4 Å². The molecule has 0 radical (unpaired) electrons. The Morgan fingerprint density at radius 1 is 1.04 bits per heavy atom. The van der Waals surface area contributed by atoms with Crippen molar-refractivity contribution < 1.29 is 13.9 Å². The largest absolute Gasteiger partial charge is 0.497 e. The summed E-state index contributed by atoms with van der Waals surface area (Å²) in [4.78, 5) is 4.47. The smallest absolute Gasteiger partial charge is 0.226 e. The van der Waals surface area contributed by atoms with Gasteiger partial charge >= 0.3 is 0 Å². The predicted octanol–water partition coefficient (Wildman–Crippen LogP) is 4.55. The molecular weight excluding hydrogens is 290 g/mol. The first-order valence-corrected chi connectivity index (χ1v) is 7.45. The summed E-state index contributed by atoms with van der Waals surface area (Å²) >= 11 is 0. The van der Waals surface area contributed by atoms with Gasteiger partial charge in [-0.3, -0.25) is 0 Å². The maximum Gasteiger partial charge on any atom is 0.226 e. The average Bonchev–Trinajstić information content (AvgIpc) is 3.05. The zero-order valence-electron chi connectivity index (χ0n) is 13.5. The molecule has 0 aliphatic heterocycles. The van der Waals surface area contributed by atoms with Crippen molar-refractivity contribution in [1.29, 1.82) is 0 Å². The van der Waals surface area contributed by atoms with Gasteiger partial charge in [0.1, 0.15) is 30.1 Å². The fourth-order valence-electron chi connectivity index (χ4n) is 2.27. The van der Waals surface area contributed by atoms with Crippen molar-refractivity contribution in [1.82, 2.24) is 4.98 Å². The Morgan fingerprint density at radius 3 is 2.57 bits per heavy atom. The lowest BCUT2D eigenvalue weighted by atomic mass is 10.1. The number of methoxy groups -OCH3 is 1. The van der Waals surface area contributed by atoms with Crippen LogP contribution < -0.4 is 9.47 Å². The molecule has 0 fully saturated rings. The highest BCUT2D eigenvalue weighted by Crippen LogP contribution is 2.24. The Balaban J connectivity index is 1.70. The van der Waals surface area contributed by atoms with Gasteiger partial charge in [-0.15, -0.1) is 0 Å². The summed E-state index contributed by atoms with van der Waals surface area (Å²) in [6.07, 6.45) is 1.63. The molecule has 0 aliphatic carbocycles. The molecule has 4 nitrogen and oxygen atoms in total. The van der Waals surface area contributed by atoms with Crippen molar-refractivity contribution in [3.05, 3.63) is 65.5 Å². The molecule has 0 N–H and O–H groups in total. The molecule has 3 rings (SSSR count). The highest BCUT2D eigenvalue weighted by molar-refractivity contribution is 5.54. The molecule has 0 atom stereocenters. The second-order valence-corrected chi connectivity index (χ2v) is 5.36. The van der Waals surface area contributed by atoms with E-state index < -0.39 is 0 Å². The van der Waals surface area contributed by atoms with Gasteiger partial charge in [0.2, 0.25) is 5.89 Å². The van der Waals surface area contributed by atoms with Crippen molar-refractivity contribution in [3.8, 4) is 23.0 Å². The van der Waals surface area contributed by atoms with E-state index in [1.165, 1.54) is 5.56 Å². The molecule has 1 aromatic heterocycles. The minimum absolute atomic E-state index is 0.379. The van der Waals surface area contributed by atoms with Crippen LogP contribution >= 0.6 is 0 Å². The third-order valence-corrected chi connectivity index (χ3v) is 3.82. The number of oxazole rings is 1. The van der Waals surface area contributed by atoms with Gasteiger partial charge < -0.3 is 13.9 Å². The van der Waals surface area contributed by atoms with Crippen molar-refractivity contribution in [2.45, 2.75) is 20.5 Å². The van der Waals surface area contributed by atoms with Crippen molar-refractivity contribution >= 4 is 0 Å². The van der Waals surface area contributed by atoms with Crippen LogP contribution in [-0.2, 0) is 6.61 Å². The van der Waals surface area contributed by atoms with E-state index in [-0.39, 0.29) is 0 Å². The minimum atomic E-state index is 0.379. The van der Waals surface area contributed by atoms with Crippen LogP contribution in [0.15, 0.2) is 53.1 Å². The van der Waals surface area contributed by atoms with Crippen LogP contribution in [0.1, 0.15) is 16.8 Å². The summed E-state index contributed by atoms with van der Waals surface area (Å²) < 4.78 is 16.5. The summed E-state index contributed by atoms with van der Waals surface area (Å²) in [6, 6.07) is 13.6. The molecule has 0 bridgehead atoms. The van der Waals surface area contributed by atoms with E-state index in [0.29, 0.717) is 12.5 Å². The van der Waals surface area contributed by atoms with E-state index in [1.807, 2.05) is 36.4 Å². The van der Waals surface area contributed by atoms with Crippen molar-refractivity contribution in [2.75, 3.05) is 7.11 Å². The maximum absolute atomic E-state index is 5.85. The number of nitrogens with zero attached hydrogens (tertiary/aromatic N) is 1. The van der Waals surface area contributed by atoms with Crippen LogP contribution in [0.2, 0.25) is 0 Å². The number of ether oxygens (including phenoxy) is 2. The SMILES string of the molecule is COc1ccc(-c2nc(COc3cccc(C)c3C)co2)cc1. The summed E-state index contributed by atoms with van der Waals surface area (Å²) in [5.41, 5.74) is 4.02. The topological polar surface area (TPSA) is 44.5 Å². The monoisotopic (exact) mass is 309 g/mol. The second kappa shape index (κ2) is 6.57. The van der Waals surface area contributed by atoms with E-state index in [9.17, 15) is 0 Å². The van der Waals surface area contributed by atoms with Crippen LogP contribution in [0, 0.1) is 13.8 Å². The molecule has 3 aromatic rings. The molecule has 0 spiro atoms. The molecule has 0 aliphatic rings. The van der Waals surface area contributed by atoms with Gasteiger partial charge in [0.15, 0.2) is 0 Å². The maximum atomic E-state index is 5.85. The number of hydrogen-bond acceptors (Lipinski definition) is 4. The zero-order valence-corrected chi connectivity index (χ0v) is 13.5. The lowest BCUT2D eigenvalue weighted by Crippen LogP contribution is -1.98. The molecule has 0 amide bonds. The van der Waals surface area contributed by atoms with E-state index in [0.717, 1.165) is 28.3 Å². The van der Waals surface area contributed by atoms with Gasteiger partial charge in [-0.05, 0) is 55.3 Å². The fourth-order valence-corrected chi connectivity index (χ4v) is 2.27. The minimum Gasteiger partial charge on any atom is -0.497 e. The van der Waals surface area contributed by atoms with Gasteiger partial charge in [0.05, 0.1) is 7.11 Å². The second-order valence-electron chi connectivity index (χ2n) is 5.36. The van der Waals surface area contributed by atoms with Gasteiger partial charge in [-0.1, -0.05) is 12.1 Å². The predicted molar refractivity (Wildman–Crippen MR) is 88.7 cm³/mol. The zero-order chi connectivity index (χ0) is 16.2. The molecule has 0 saturated carbocycles. The van der Waals surface area contributed by atoms with E-state index in [4.69, 9.17) is 13.9 Å². The quantitative estimate of drug-likeness (QED) is 0.694. The van der Waals surface area contributed by atoms with Crippen molar-refractivity contribution in [2.24, 2.45) is 0 Å². The van der Waals surface area contributed by atoms with Gasteiger partial charge in [-0.2, -0.15) is 0 Å². The Bertz CT molecular complexity index is 791. The average molecular weight is 309 g/mol. The molecular formula is C19H19NO3. The van der Waals surface area contributed by atoms with Crippen LogP contribution in [0.5, 0.6) is 11.5 Å². The molecule has 2 aromatic carbocycles. The van der Waals surface area contributed by atoms with E-state index >= 15 is 0 Å². The Morgan fingerprint density at radius 2 is 1.83 bits per heavy atom. The first-order chi connectivity index (χ1) is 11.2. The normalized spacial score (nSPS) is 10.6. The Kier molecular flexibility index (Phi) is 4.33. The summed E-state index contributed by atoms with van der Waals surface area (Å²) in [6.45, 7) is 4.50. The van der Waals surface area contributed by atoms with Crippen LogP contribution in [0.3, 0.4) is 0 Å². The third-order valence-electron chi connectivity index (χ3n) is 3.82. The molecule has 23 heavy (non-hydrogen) atoms.